The molecule has 2 heterocycles. The molecule has 0 unspecified atom stereocenters. The Morgan fingerprint density at radius 3 is 2.64 bits per heavy atom. The number of nitrogens with zero attached hydrogens (tertiary/aromatic N) is 4. The molecule has 1 saturated heterocycles. The standard InChI is InChI=1S/C27H33FN4O4/c1-21-15-29-32(16-21)12-13-35-26-5-3-4-23(14-26)17-30-10-11-31(22(2)33)19-27(34,18-30)20-36-25-8-6-24(28)7-9-25/h3-9,14-16,34H,10-13,17-20H2,1-2H3/t27-/m0/s1. The third kappa shape index (κ3) is 7.29. The van der Waals surface area contributed by atoms with Gasteiger partial charge in [-0.1, -0.05) is 12.1 Å². The number of benzene rings is 2. The Morgan fingerprint density at radius 1 is 1.11 bits per heavy atom. The molecule has 0 aliphatic carbocycles. The van der Waals surface area contributed by atoms with Gasteiger partial charge >= 0.3 is 0 Å². The number of rotatable bonds is 9. The smallest absolute Gasteiger partial charge is 0.219 e. The van der Waals surface area contributed by atoms with Crippen molar-refractivity contribution in [3.05, 3.63) is 77.9 Å². The van der Waals surface area contributed by atoms with E-state index in [1.165, 1.54) is 31.2 Å². The minimum Gasteiger partial charge on any atom is -0.492 e. The molecule has 4 rings (SSSR count). The SMILES string of the molecule is CC(=O)N1CCN(Cc2cccc(OCCn3cc(C)cn3)c2)C[C@@](O)(COc2ccc(F)cc2)C1. The van der Waals surface area contributed by atoms with E-state index >= 15 is 0 Å². The summed E-state index contributed by atoms with van der Waals surface area (Å²) in [5, 5.41) is 15.7. The van der Waals surface area contributed by atoms with Gasteiger partial charge in [-0.15, -0.1) is 0 Å². The molecule has 8 nitrogen and oxygen atoms in total. The van der Waals surface area contributed by atoms with Crippen molar-refractivity contribution in [1.29, 1.82) is 0 Å². The summed E-state index contributed by atoms with van der Waals surface area (Å²) in [5.74, 6) is 0.781. The normalized spacial score (nSPS) is 18.6. The molecule has 1 amide bonds. The van der Waals surface area contributed by atoms with Crippen molar-refractivity contribution in [2.45, 2.75) is 32.5 Å². The van der Waals surface area contributed by atoms with E-state index in [0.29, 0.717) is 45.1 Å². The van der Waals surface area contributed by atoms with Gasteiger partial charge in [-0.2, -0.15) is 5.10 Å². The number of halogens is 1. The average molecular weight is 497 g/mol. The summed E-state index contributed by atoms with van der Waals surface area (Å²) in [6, 6.07) is 13.6. The van der Waals surface area contributed by atoms with E-state index in [1.807, 2.05) is 48.3 Å². The zero-order valence-corrected chi connectivity index (χ0v) is 20.8. The molecule has 192 valence electrons. The highest BCUT2D eigenvalue weighted by Gasteiger charge is 2.36. The predicted molar refractivity (Wildman–Crippen MR) is 133 cm³/mol. The number of aryl methyl sites for hydroxylation is 1. The molecule has 2 aromatic carbocycles. The molecule has 0 radical (unpaired) electrons. The van der Waals surface area contributed by atoms with Gasteiger partial charge in [0.15, 0.2) is 0 Å². The molecule has 3 aromatic rings. The number of carbonyl (C=O) groups is 1. The average Bonchev–Trinajstić information content (AvgIpc) is 3.18. The molecule has 1 aliphatic heterocycles. The van der Waals surface area contributed by atoms with Crippen molar-refractivity contribution in [3.63, 3.8) is 0 Å². The van der Waals surface area contributed by atoms with Crippen molar-refractivity contribution < 1.29 is 23.8 Å². The largest absolute Gasteiger partial charge is 0.492 e. The Bertz CT molecular complexity index is 1150. The number of β-amino-alcohol motifs (C(OH)–C–C–N with tert-alkyl or cyclic N) is 1. The molecular weight excluding hydrogens is 463 g/mol. The lowest BCUT2D eigenvalue weighted by Gasteiger charge is -2.32. The third-order valence-electron chi connectivity index (χ3n) is 6.11. The summed E-state index contributed by atoms with van der Waals surface area (Å²) < 4.78 is 26.8. The lowest BCUT2D eigenvalue weighted by atomic mass is 10.0. The van der Waals surface area contributed by atoms with Gasteiger partial charge in [-0.25, -0.2) is 4.39 Å². The fourth-order valence-corrected chi connectivity index (χ4v) is 4.32. The van der Waals surface area contributed by atoms with Crippen molar-refractivity contribution in [2.24, 2.45) is 0 Å². The van der Waals surface area contributed by atoms with Crippen LogP contribution in [0.4, 0.5) is 4.39 Å². The van der Waals surface area contributed by atoms with Gasteiger partial charge in [-0.3, -0.25) is 14.4 Å². The molecule has 0 bridgehead atoms. The maximum absolute atomic E-state index is 13.2. The molecule has 1 aromatic heterocycles. The second kappa shape index (κ2) is 11.5. The molecule has 0 saturated carbocycles. The van der Waals surface area contributed by atoms with E-state index in [1.54, 1.807) is 4.90 Å². The lowest BCUT2D eigenvalue weighted by Crippen LogP contribution is -2.51. The first-order chi connectivity index (χ1) is 17.3. The number of carbonyl (C=O) groups excluding carboxylic acids is 1. The van der Waals surface area contributed by atoms with Crippen LogP contribution < -0.4 is 9.47 Å². The fourth-order valence-electron chi connectivity index (χ4n) is 4.32. The zero-order valence-electron chi connectivity index (χ0n) is 20.8. The van der Waals surface area contributed by atoms with Crippen molar-refractivity contribution >= 4 is 5.91 Å². The highest BCUT2D eigenvalue weighted by molar-refractivity contribution is 5.73. The van der Waals surface area contributed by atoms with Crippen molar-refractivity contribution in [1.82, 2.24) is 19.6 Å². The highest BCUT2D eigenvalue weighted by atomic mass is 19.1. The molecule has 1 fully saturated rings. The van der Waals surface area contributed by atoms with Gasteiger partial charge in [-0.05, 0) is 54.4 Å². The number of aromatic nitrogens is 2. The van der Waals surface area contributed by atoms with E-state index in [0.717, 1.165) is 16.9 Å². The van der Waals surface area contributed by atoms with Crippen LogP contribution in [-0.4, -0.2) is 75.6 Å². The maximum Gasteiger partial charge on any atom is 0.219 e. The second-order valence-electron chi connectivity index (χ2n) is 9.39. The molecular formula is C27H33FN4O4. The van der Waals surface area contributed by atoms with E-state index in [2.05, 4.69) is 10.00 Å². The molecule has 1 N–H and O–H groups in total. The van der Waals surface area contributed by atoms with Crippen LogP contribution in [0.2, 0.25) is 0 Å². The second-order valence-corrected chi connectivity index (χ2v) is 9.39. The monoisotopic (exact) mass is 496 g/mol. The van der Waals surface area contributed by atoms with E-state index in [-0.39, 0.29) is 24.9 Å². The summed E-state index contributed by atoms with van der Waals surface area (Å²) in [6.45, 7) is 6.84. The Balaban J connectivity index is 1.38. The van der Waals surface area contributed by atoms with Crippen LogP contribution >= 0.6 is 0 Å². The zero-order chi connectivity index (χ0) is 25.5. The maximum atomic E-state index is 13.2. The summed E-state index contributed by atoms with van der Waals surface area (Å²) in [6.07, 6.45) is 3.80. The van der Waals surface area contributed by atoms with Crippen molar-refractivity contribution in [3.8, 4) is 11.5 Å². The van der Waals surface area contributed by atoms with Crippen LogP contribution in [-0.2, 0) is 17.9 Å². The van der Waals surface area contributed by atoms with E-state index in [4.69, 9.17) is 9.47 Å². The fraction of sp³-hybridized carbons (Fsp3) is 0.407. The Morgan fingerprint density at radius 2 is 1.92 bits per heavy atom. The first kappa shape index (κ1) is 25.7. The van der Waals surface area contributed by atoms with Crippen LogP contribution in [0.1, 0.15) is 18.1 Å². The van der Waals surface area contributed by atoms with Crippen LogP contribution in [0.25, 0.3) is 0 Å². The minimum absolute atomic E-state index is 0.0189. The van der Waals surface area contributed by atoms with Gasteiger partial charge in [0.05, 0.1) is 19.3 Å². The summed E-state index contributed by atoms with van der Waals surface area (Å²) in [5.41, 5.74) is 0.869. The van der Waals surface area contributed by atoms with Crippen LogP contribution in [0.15, 0.2) is 60.9 Å². The minimum atomic E-state index is -1.29. The molecule has 1 aliphatic rings. The first-order valence-corrected chi connectivity index (χ1v) is 12.1. The van der Waals surface area contributed by atoms with Crippen molar-refractivity contribution in [2.75, 3.05) is 39.4 Å². The number of hydrogen-bond acceptors (Lipinski definition) is 6. The third-order valence-corrected chi connectivity index (χ3v) is 6.11. The van der Waals surface area contributed by atoms with Crippen LogP contribution in [0.3, 0.4) is 0 Å². The molecule has 1 atom stereocenters. The topological polar surface area (TPSA) is 80.1 Å². The van der Waals surface area contributed by atoms with Gasteiger partial charge in [0.1, 0.15) is 36.1 Å². The quantitative estimate of drug-likeness (QED) is 0.491. The Hall–Kier alpha value is -3.43. The van der Waals surface area contributed by atoms with Crippen LogP contribution in [0.5, 0.6) is 11.5 Å². The summed E-state index contributed by atoms with van der Waals surface area (Å²) in [7, 11) is 0. The summed E-state index contributed by atoms with van der Waals surface area (Å²) in [4.78, 5) is 15.9. The predicted octanol–water partition coefficient (Wildman–Crippen LogP) is 2.88. The lowest BCUT2D eigenvalue weighted by molar-refractivity contribution is -0.132. The number of amides is 1. The van der Waals surface area contributed by atoms with E-state index in [9.17, 15) is 14.3 Å². The number of aliphatic hydroxyl groups is 1. The molecule has 36 heavy (non-hydrogen) atoms. The number of ether oxygens (including phenoxy) is 2. The molecule has 0 spiro atoms. The summed E-state index contributed by atoms with van der Waals surface area (Å²) >= 11 is 0. The van der Waals surface area contributed by atoms with Gasteiger partial charge < -0.3 is 19.5 Å². The first-order valence-electron chi connectivity index (χ1n) is 12.1. The molecule has 9 heteroatoms. The van der Waals surface area contributed by atoms with Gasteiger partial charge in [0.2, 0.25) is 5.91 Å². The van der Waals surface area contributed by atoms with Crippen LogP contribution in [0, 0.1) is 12.7 Å². The van der Waals surface area contributed by atoms with Gasteiger partial charge in [0, 0.05) is 39.3 Å². The Kier molecular flexibility index (Phi) is 8.22. The number of hydrogen-bond donors (Lipinski definition) is 1. The van der Waals surface area contributed by atoms with E-state index < -0.39 is 5.60 Å². The Labute approximate surface area is 210 Å². The highest BCUT2D eigenvalue weighted by Crippen LogP contribution is 2.21. The van der Waals surface area contributed by atoms with Gasteiger partial charge in [0.25, 0.3) is 0 Å².